The molecule has 2 heterocycles. The Hall–Kier alpha value is -1.43. The molecule has 1 fully saturated rings. The molecule has 2 N–H and O–H groups in total. The van der Waals surface area contributed by atoms with Gasteiger partial charge in [-0.25, -0.2) is 4.79 Å². The van der Waals surface area contributed by atoms with Crippen LogP contribution in [0.15, 0.2) is 12.3 Å². The number of nitrogen functional groups attached to an aromatic ring is 1. The van der Waals surface area contributed by atoms with E-state index in [9.17, 15) is 4.79 Å². The van der Waals surface area contributed by atoms with Gasteiger partial charge in [0.1, 0.15) is 11.9 Å². The van der Waals surface area contributed by atoms with Crippen LogP contribution in [0.3, 0.4) is 0 Å². The Kier molecular flexibility index (Phi) is 3.96. The van der Waals surface area contributed by atoms with Crippen molar-refractivity contribution >= 4 is 34.9 Å². The first-order valence-electron chi connectivity index (χ1n) is 5.61. The minimum absolute atomic E-state index is 0.241. The van der Waals surface area contributed by atoms with Gasteiger partial charge in [0.25, 0.3) is 0 Å². The standard InChI is InChI=1S/C11H13IN4O2/c12-18-11(17)15-4-2-9(3-5-15)16-6-1-8(7-13)10(16)14/h1,6,9H,2-5,14H2. The number of carbonyl (C=O) groups is 1. The molecule has 7 heteroatoms. The van der Waals surface area contributed by atoms with Crippen LogP contribution in [0.2, 0.25) is 0 Å². The van der Waals surface area contributed by atoms with E-state index in [1.165, 1.54) is 0 Å². The smallest absolute Gasteiger partial charge is 0.384 e. The highest BCUT2D eigenvalue weighted by atomic mass is 127. The fraction of sp³-hybridized carbons (Fsp3) is 0.455. The topological polar surface area (TPSA) is 84.3 Å². The summed E-state index contributed by atoms with van der Waals surface area (Å²) in [6.45, 7) is 1.29. The average Bonchev–Trinajstić information content (AvgIpc) is 2.79. The summed E-state index contributed by atoms with van der Waals surface area (Å²) in [5.74, 6) is 0.507. The minimum atomic E-state index is -0.299. The van der Waals surface area contributed by atoms with Crippen molar-refractivity contribution in [3.05, 3.63) is 17.8 Å². The Balaban J connectivity index is 2.04. The van der Waals surface area contributed by atoms with E-state index in [4.69, 9.17) is 11.0 Å². The van der Waals surface area contributed by atoms with E-state index in [-0.39, 0.29) is 12.1 Å². The molecule has 1 aliphatic rings. The minimum Gasteiger partial charge on any atom is -0.384 e. The van der Waals surface area contributed by atoms with Crippen LogP contribution in [0.1, 0.15) is 24.4 Å². The molecule has 0 bridgehead atoms. The molecule has 2 rings (SSSR count). The van der Waals surface area contributed by atoms with Crippen molar-refractivity contribution < 1.29 is 7.86 Å². The van der Waals surface area contributed by atoms with E-state index in [0.29, 0.717) is 24.5 Å². The van der Waals surface area contributed by atoms with E-state index in [1.807, 2.05) is 10.8 Å². The number of rotatable bonds is 1. The maximum absolute atomic E-state index is 11.3. The van der Waals surface area contributed by atoms with E-state index >= 15 is 0 Å². The van der Waals surface area contributed by atoms with Gasteiger partial charge in [0.15, 0.2) is 23.0 Å². The zero-order valence-corrected chi connectivity index (χ0v) is 11.8. The maximum atomic E-state index is 11.3. The Morgan fingerprint density at radius 3 is 2.72 bits per heavy atom. The van der Waals surface area contributed by atoms with E-state index in [2.05, 4.69) is 9.14 Å². The first kappa shape index (κ1) is 13.0. The molecule has 1 saturated heterocycles. The molecule has 0 aromatic carbocycles. The van der Waals surface area contributed by atoms with Crippen molar-refractivity contribution in [1.29, 1.82) is 5.26 Å². The number of hydrogen-bond acceptors (Lipinski definition) is 4. The number of nitrogens with zero attached hydrogens (tertiary/aromatic N) is 3. The Labute approximate surface area is 119 Å². The third-order valence-corrected chi connectivity index (χ3v) is 3.64. The molecule has 1 aliphatic heterocycles. The van der Waals surface area contributed by atoms with Gasteiger partial charge in [-0.05, 0) is 18.9 Å². The second-order valence-corrected chi connectivity index (χ2v) is 4.64. The normalized spacial score (nSPS) is 16.3. The van der Waals surface area contributed by atoms with Gasteiger partial charge in [-0.1, -0.05) is 0 Å². The van der Waals surface area contributed by atoms with Crippen LogP contribution < -0.4 is 5.73 Å². The van der Waals surface area contributed by atoms with Gasteiger partial charge in [-0.2, -0.15) is 5.26 Å². The molecular weight excluding hydrogens is 347 g/mol. The monoisotopic (exact) mass is 360 g/mol. The van der Waals surface area contributed by atoms with Crippen LogP contribution in [0.4, 0.5) is 10.6 Å². The molecule has 0 atom stereocenters. The van der Waals surface area contributed by atoms with Gasteiger partial charge >= 0.3 is 6.09 Å². The summed E-state index contributed by atoms with van der Waals surface area (Å²) in [6, 6.07) is 4.02. The molecular formula is C11H13IN4O2. The molecule has 1 aromatic heterocycles. The highest BCUT2D eigenvalue weighted by Gasteiger charge is 2.25. The second kappa shape index (κ2) is 5.48. The quantitative estimate of drug-likeness (QED) is 0.777. The highest BCUT2D eigenvalue weighted by molar-refractivity contribution is 14.1. The summed E-state index contributed by atoms with van der Waals surface area (Å²) >= 11 is 1.59. The summed E-state index contributed by atoms with van der Waals surface area (Å²) in [4.78, 5) is 13.0. The predicted molar refractivity (Wildman–Crippen MR) is 73.9 cm³/mol. The third-order valence-electron chi connectivity index (χ3n) is 3.26. The molecule has 0 radical (unpaired) electrons. The first-order chi connectivity index (χ1) is 8.67. The number of amides is 1. The van der Waals surface area contributed by atoms with Crippen molar-refractivity contribution in [1.82, 2.24) is 9.47 Å². The van der Waals surface area contributed by atoms with Gasteiger partial charge in [0, 0.05) is 25.3 Å². The number of hydrogen-bond donors (Lipinski definition) is 1. The lowest BCUT2D eigenvalue weighted by Crippen LogP contribution is -2.38. The zero-order chi connectivity index (χ0) is 13.1. The second-order valence-electron chi connectivity index (χ2n) is 4.20. The van der Waals surface area contributed by atoms with Gasteiger partial charge in [-0.3, -0.25) is 0 Å². The summed E-state index contributed by atoms with van der Waals surface area (Å²) in [7, 11) is 0. The molecule has 0 unspecified atom stereocenters. The van der Waals surface area contributed by atoms with Crippen molar-refractivity contribution in [2.75, 3.05) is 18.8 Å². The predicted octanol–water partition coefficient (Wildman–Crippen LogP) is 2.07. The Morgan fingerprint density at radius 1 is 1.56 bits per heavy atom. The highest BCUT2D eigenvalue weighted by Crippen LogP contribution is 2.27. The molecule has 0 aliphatic carbocycles. The lowest BCUT2D eigenvalue weighted by Gasteiger charge is -2.31. The number of likely N-dealkylation sites (tertiary alicyclic amines) is 1. The SMILES string of the molecule is N#Cc1ccn(C2CCN(C(=O)OI)CC2)c1N. The van der Waals surface area contributed by atoms with Crippen LogP contribution in [0.25, 0.3) is 0 Å². The van der Waals surface area contributed by atoms with Crippen molar-refractivity contribution in [3.63, 3.8) is 0 Å². The molecule has 1 aromatic rings. The van der Waals surface area contributed by atoms with Crippen LogP contribution >= 0.6 is 23.0 Å². The van der Waals surface area contributed by atoms with Gasteiger partial charge in [0.05, 0.1) is 5.56 Å². The number of halogens is 1. The number of aromatic nitrogens is 1. The van der Waals surface area contributed by atoms with Crippen molar-refractivity contribution in [2.45, 2.75) is 18.9 Å². The van der Waals surface area contributed by atoms with E-state index in [0.717, 1.165) is 12.8 Å². The Morgan fingerprint density at radius 2 is 2.22 bits per heavy atom. The van der Waals surface area contributed by atoms with Crippen LogP contribution in [-0.2, 0) is 3.07 Å². The number of carbonyl (C=O) groups excluding carboxylic acids is 1. The van der Waals surface area contributed by atoms with Crippen LogP contribution in [-0.4, -0.2) is 28.6 Å². The summed E-state index contributed by atoms with van der Waals surface area (Å²) in [6.07, 6.45) is 3.17. The van der Waals surface area contributed by atoms with Crippen LogP contribution in [0.5, 0.6) is 0 Å². The molecule has 6 nitrogen and oxygen atoms in total. The number of anilines is 1. The fourth-order valence-electron chi connectivity index (χ4n) is 2.25. The molecule has 96 valence electrons. The lowest BCUT2D eigenvalue weighted by atomic mass is 10.1. The summed E-state index contributed by atoms with van der Waals surface area (Å²) in [5.41, 5.74) is 6.40. The van der Waals surface area contributed by atoms with E-state index < -0.39 is 0 Å². The molecule has 0 spiro atoms. The number of piperidine rings is 1. The summed E-state index contributed by atoms with van der Waals surface area (Å²) in [5, 5.41) is 8.86. The fourth-order valence-corrected chi connectivity index (χ4v) is 2.53. The lowest BCUT2D eigenvalue weighted by molar-refractivity contribution is 0.145. The number of nitriles is 1. The van der Waals surface area contributed by atoms with Crippen LogP contribution in [0, 0.1) is 11.3 Å². The third kappa shape index (κ3) is 2.38. The Bertz CT molecular complexity index is 486. The molecule has 1 amide bonds. The molecule has 0 saturated carbocycles. The zero-order valence-electron chi connectivity index (χ0n) is 9.67. The van der Waals surface area contributed by atoms with E-state index in [1.54, 1.807) is 34.0 Å². The maximum Gasteiger partial charge on any atom is 0.419 e. The van der Waals surface area contributed by atoms with Gasteiger partial charge in [0.2, 0.25) is 0 Å². The van der Waals surface area contributed by atoms with Gasteiger partial charge < -0.3 is 18.3 Å². The van der Waals surface area contributed by atoms with Crippen molar-refractivity contribution in [3.8, 4) is 6.07 Å². The number of nitrogens with two attached hydrogens (primary N) is 1. The first-order valence-corrected chi connectivity index (χ1v) is 6.49. The largest absolute Gasteiger partial charge is 0.419 e. The molecule has 18 heavy (non-hydrogen) atoms. The van der Waals surface area contributed by atoms with Gasteiger partial charge in [-0.15, -0.1) is 0 Å². The average molecular weight is 360 g/mol. The van der Waals surface area contributed by atoms with Crippen molar-refractivity contribution in [2.24, 2.45) is 0 Å². The summed E-state index contributed by atoms with van der Waals surface area (Å²) < 4.78 is 6.58.